The van der Waals surface area contributed by atoms with Crippen molar-refractivity contribution in [1.82, 2.24) is 20.0 Å². The molecule has 0 bridgehead atoms. The van der Waals surface area contributed by atoms with Gasteiger partial charge in [-0.1, -0.05) is 11.3 Å². The van der Waals surface area contributed by atoms with E-state index in [-0.39, 0.29) is 5.69 Å². The lowest BCUT2D eigenvalue weighted by Gasteiger charge is -2.07. The van der Waals surface area contributed by atoms with Gasteiger partial charge in [0.1, 0.15) is 5.69 Å². The number of nitrogens with zero attached hydrogens (tertiary/aromatic N) is 4. The van der Waals surface area contributed by atoms with E-state index in [1.807, 2.05) is 0 Å². The number of ether oxygens (including phenoxy) is 2. The maximum absolute atomic E-state index is 11.2. The molecule has 0 fully saturated rings. The number of methoxy groups -OCH3 is 1. The fourth-order valence-electron chi connectivity index (χ4n) is 1.77. The van der Waals surface area contributed by atoms with Crippen molar-refractivity contribution in [1.29, 1.82) is 0 Å². The van der Waals surface area contributed by atoms with E-state index in [2.05, 4.69) is 15.3 Å². The first-order valence-electron chi connectivity index (χ1n) is 6.39. The largest absolute Gasteiger partial charge is 0.476 e. The highest BCUT2D eigenvalue weighted by Gasteiger charge is 2.21. The van der Waals surface area contributed by atoms with Gasteiger partial charge in [-0.2, -0.15) is 0 Å². The van der Waals surface area contributed by atoms with E-state index in [0.717, 1.165) is 0 Å². The minimum atomic E-state index is -1.14. The Labute approximate surface area is 121 Å². The zero-order chi connectivity index (χ0) is 15.1. The minimum Gasteiger partial charge on any atom is -0.476 e. The molecular weight excluding hydrogens is 276 g/mol. The van der Waals surface area contributed by atoms with Crippen LogP contribution in [-0.4, -0.2) is 58.0 Å². The summed E-state index contributed by atoms with van der Waals surface area (Å²) in [6, 6.07) is 5.25. The van der Waals surface area contributed by atoms with Crippen LogP contribution in [0.15, 0.2) is 24.4 Å². The van der Waals surface area contributed by atoms with Gasteiger partial charge in [0.2, 0.25) is 0 Å². The predicted octanol–water partition coefficient (Wildman–Crippen LogP) is 0.701. The van der Waals surface area contributed by atoms with E-state index in [9.17, 15) is 9.90 Å². The number of hydrogen-bond donors (Lipinski definition) is 1. The molecule has 0 aliphatic carbocycles. The fraction of sp³-hybridized carbons (Fsp3) is 0.385. The highest BCUT2D eigenvalue weighted by Crippen LogP contribution is 2.19. The van der Waals surface area contributed by atoms with Crippen LogP contribution in [0.3, 0.4) is 0 Å². The Morgan fingerprint density at radius 1 is 1.33 bits per heavy atom. The van der Waals surface area contributed by atoms with Gasteiger partial charge in [0.15, 0.2) is 5.69 Å². The van der Waals surface area contributed by atoms with Crippen LogP contribution < -0.4 is 0 Å². The molecule has 0 saturated heterocycles. The second-order valence-electron chi connectivity index (χ2n) is 4.14. The van der Waals surface area contributed by atoms with Crippen LogP contribution in [0.4, 0.5) is 0 Å². The number of rotatable bonds is 8. The van der Waals surface area contributed by atoms with Crippen molar-refractivity contribution < 1.29 is 19.4 Å². The van der Waals surface area contributed by atoms with Gasteiger partial charge >= 0.3 is 5.97 Å². The molecule has 0 spiro atoms. The molecule has 0 radical (unpaired) electrons. The number of carbonyl (C=O) groups is 1. The summed E-state index contributed by atoms with van der Waals surface area (Å²) in [5.74, 6) is -1.14. The Morgan fingerprint density at radius 2 is 2.19 bits per heavy atom. The topological polar surface area (TPSA) is 99.4 Å². The Kier molecular flexibility index (Phi) is 5.35. The molecular formula is C13H16N4O4. The molecule has 0 saturated carbocycles. The summed E-state index contributed by atoms with van der Waals surface area (Å²) in [6.07, 6.45) is 1.59. The van der Waals surface area contributed by atoms with Crippen LogP contribution in [0.25, 0.3) is 11.4 Å². The summed E-state index contributed by atoms with van der Waals surface area (Å²) in [5, 5.41) is 16.8. The molecule has 21 heavy (non-hydrogen) atoms. The lowest BCUT2D eigenvalue weighted by molar-refractivity contribution is 0.0653. The number of carboxylic acids is 1. The van der Waals surface area contributed by atoms with Crippen LogP contribution >= 0.6 is 0 Å². The Balaban J connectivity index is 2.16. The number of hydrogen-bond acceptors (Lipinski definition) is 6. The summed E-state index contributed by atoms with van der Waals surface area (Å²) < 4.78 is 11.7. The number of aromatic nitrogens is 4. The van der Waals surface area contributed by atoms with Gasteiger partial charge in [-0.15, -0.1) is 5.10 Å². The molecule has 2 aromatic rings. The van der Waals surface area contributed by atoms with E-state index < -0.39 is 5.97 Å². The third-order valence-electron chi connectivity index (χ3n) is 2.72. The number of carboxylic acid groups (broad SMARTS) is 1. The van der Waals surface area contributed by atoms with Crippen LogP contribution in [-0.2, 0) is 16.0 Å². The van der Waals surface area contributed by atoms with Crippen LogP contribution in [0.5, 0.6) is 0 Å². The molecule has 2 rings (SSSR count). The van der Waals surface area contributed by atoms with Gasteiger partial charge < -0.3 is 14.6 Å². The summed E-state index contributed by atoms with van der Waals surface area (Å²) in [6.45, 7) is 1.74. The van der Waals surface area contributed by atoms with E-state index in [4.69, 9.17) is 9.47 Å². The molecule has 1 N–H and O–H groups in total. The molecule has 2 aromatic heterocycles. The second-order valence-corrected chi connectivity index (χ2v) is 4.14. The number of pyridine rings is 1. The zero-order valence-electron chi connectivity index (χ0n) is 11.6. The van der Waals surface area contributed by atoms with Crippen molar-refractivity contribution in [2.24, 2.45) is 0 Å². The first-order chi connectivity index (χ1) is 10.2. The molecule has 0 amide bonds. The summed E-state index contributed by atoms with van der Waals surface area (Å²) in [5.41, 5.74) is 0.765. The third kappa shape index (κ3) is 3.83. The smallest absolute Gasteiger partial charge is 0.358 e. The lowest BCUT2D eigenvalue weighted by Crippen LogP contribution is -2.12. The van der Waals surface area contributed by atoms with E-state index in [1.165, 1.54) is 4.68 Å². The van der Waals surface area contributed by atoms with Gasteiger partial charge in [0, 0.05) is 13.3 Å². The van der Waals surface area contributed by atoms with Crippen LogP contribution in [0.2, 0.25) is 0 Å². The van der Waals surface area contributed by atoms with Crippen molar-refractivity contribution in [2.75, 3.05) is 26.9 Å². The SMILES string of the molecule is COCCOCCn1nnc(C(=O)O)c1-c1ccccn1. The Morgan fingerprint density at radius 3 is 2.86 bits per heavy atom. The first-order valence-corrected chi connectivity index (χ1v) is 6.39. The fourth-order valence-corrected chi connectivity index (χ4v) is 1.77. The van der Waals surface area contributed by atoms with Crippen molar-refractivity contribution in [3.8, 4) is 11.4 Å². The molecule has 0 atom stereocenters. The van der Waals surface area contributed by atoms with Gasteiger partial charge in [0.25, 0.3) is 0 Å². The molecule has 2 heterocycles. The van der Waals surface area contributed by atoms with Crippen molar-refractivity contribution in [2.45, 2.75) is 6.54 Å². The second kappa shape index (κ2) is 7.46. The van der Waals surface area contributed by atoms with E-state index in [0.29, 0.717) is 37.8 Å². The van der Waals surface area contributed by atoms with E-state index >= 15 is 0 Å². The number of aromatic carboxylic acids is 1. The normalized spacial score (nSPS) is 10.7. The van der Waals surface area contributed by atoms with E-state index in [1.54, 1.807) is 31.5 Å². The predicted molar refractivity (Wildman–Crippen MR) is 72.9 cm³/mol. The first kappa shape index (κ1) is 15.1. The molecule has 112 valence electrons. The zero-order valence-corrected chi connectivity index (χ0v) is 11.6. The highest BCUT2D eigenvalue weighted by atomic mass is 16.5. The standard InChI is InChI=1S/C13H16N4O4/c1-20-8-9-21-7-6-17-12(10-4-2-3-5-14-10)11(13(18)19)15-16-17/h2-5H,6-9H2,1H3,(H,18,19). The van der Waals surface area contributed by atoms with Crippen LogP contribution in [0, 0.1) is 0 Å². The monoisotopic (exact) mass is 292 g/mol. The quantitative estimate of drug-likeness (QED) is 0.715. The third-order valence-corrected chi connectivity index (χ3v) is 2.72. The Hall–Kier alpha value is -2.32. The minimum absolute atomic E-state index is 0.120. The van der Waals surface area contributed by atoms with Crippen molar-refractivity contribution in [3.05, 3.63) is 30.1 Å². The summed E-state index contributed by atoms with van der Waals surface area (Å²) >= 11 is 0. The molecule has 0 aliphatic rings. The van der Waals surface area contributed by atoms with Gasteiger partial charge in [-0.3, -0.25) is 4.98 Å². The average Bonchev–Trinajstić information content (AvgIpc) is 2.92. The molecule has 0 aromatic carbocycles. The Bertz CT molecular complexity index is 585. The summed E-state index contributed by atoms with van der Waals surface area (Å²) in [4.78, 5) is 15.4. The molecule has 0 unspecified atom stereocenters. The lowest BCUT2D eigenvalue weighted by atomic mass is 10.2. The molecule has 8 nitrogen and oxygen atoms in total. The molecule has 8 heteroatoms. The highest BCUT2D eigenvalue weighted by molar-refractivity contribution is 5.92. The van der Waals surface area contributed by atoms with Crippen LogP contribution in [0.1, 0.15) is 10.5 Å². The van der Waals surface area contributed by atoms with Gasteiger partial charge in [0.05, 0.1) is 32.1 Å². The van der Waals surface area contributed by atoms with Gasteiger partial charge in [-0.25, -0.2) is 9.48 Å². The van der Waals surface area contributed by atoms with Crippen molar-refractivity contribution in [3.63, 3.8) is 0 Å². The maximum Gasteiger partial charge on any atom is 0.358 e. The summed E-state index contributed by atoms with van der Waals surface area (Å²) in [7, 11) is 1.60. The maximum atomic E-state index is 11.2. The molecule has 0 aliphatic heterocycles. The average molecular weight is 292 g/mol. The van der Waals surface area contributed by atoms with Crippen molar-refractivity contribution >= 4 is 5.97 Å². The van der Waals surface area contributed by atoms with Gasteiger partial charge in [-0.05, 0) is 12.1 Å².